The van der Waals surface area contributed by atoms with E-state index >= 15 is 0 Å². The Labute approximate surface area is 107 Å². The summed E-state index contributed by atoms with van der Waals surface area (Å²) in [6, 6.07) is 0. The summed E-state index contributed by atoms with van der Waals surface area (Å²) in [5.74, 6) is -0.746. The van der Waals surface area contributed by atoms with Crippen LogP contribution in [-0.4, -0.2) is 56.6 Å². The Morgan fingerprint density at radius 2 is 2.28 bits per heavy atom. The molecule has 0 spiro atoms. The smallest absolute Gasteiger partial charge is 0.310 e. The van der Waals surface area contributed by atoms with Crippen LogP contribution < -0.4 is 4.72 Å². The zero-order valence-corrected chi connectivity index (χ0v) is 11.3. The quantitative estimate of drug-likeness (QED) is 0.614. The van der Waals surface area contributed by atoms with E-state index in [2.05, 4.69) is 4.72 Å². The van der Waals surface area contributed by atoms with Gasteiger partial charge in [0.05, 0.1) is 19.1 Å². The second-order valence-electron chi connectivity index (χ2n) is 4.07. The maximum atomic E-state index is 11.8. The second kappa shape index (κ2) is 7.03. The van der Waals surface area contributed by atoms with Gasteiger partial charge in [-0.3, -0.25) is 4.79 Å². The van der Waals surface area contributed by atoms with Gasteiger partial charge in [-0.1, -0.05) is 0 Å². The van der Waals surface area contributed by atoms with E-state index in [0.29, 0.717) is 26.0 Å². The van der Waals surface area contributed by atoms with Crippen molar-refractivity contribution in [1.82, 2.24) is 9.03 Å². The zero-order valence-electron chi connectivity index (χ0n) is 10.5. The van der Waals surface area contributed by atoms with E-state index < -0.39 is 16.1 Å². The van der Waals surface area contributed by atoms with Gasteiger partial charge in [0.2, 0.25) is 0 Å². The first kappa shape index (κ1) is 15.4. The summed E-state index contributed by atoms with van der Waals surface area (Å²) in [7, 11) is -3.61. The first-order chi connectivity index (χ1) is 8.51. The summed E-state index contributed by atoms with van der Waals surface area (Å²) in [4.78, 5) is 11.6. The zero-order chi connectivity index (χ0) is 13.6. The summed E-state index contributed by atoms with van der Waals surface area (Å²) in [5, 5.41) is 8.62. The largest absolute Gasteiger partial charge is 0.466 e. The average Bonchev–Trinajstić information content (AvgIpc) is 2.37. The number of rotatable bonds is 6. The van der Waals surface area contributed by atoms with Crippen LogP contribution in [0.3, 0.4) is 0 Å². The highest BCUT2D eigenvalue weighted by atomic mass is 32.2. The van der Waals surface area contributed by atoms with Crippen LogP contribution in [0.1, 0.15) is 19.8 Å². The number of ether oxygens (including phenoxy) is 1. The van der Waals surface area contributed by atoms with Crippen molar-refractivity contribution in [3.8, 4) is 0 Å². The van der Waals surface area contributed by atoms with Crippen LogP contribution in [0.15, 0.2) is 0 Å². The molecule has 2 N–H and O–H groups in total. The minimum Gasteiger partial charge on any atom is -0.466 e. The van der Waals surface area contributed by atoms with Gasteiger partial charge in [-0.05, 0) is 19.8 Å². The number of aliphatic hydroxyl groups excluding tert-OH is 1. The van der Waals surface area contributed by atoms with Crippen LogP contribution in [-0.2, 0) is 19.7 Å². The fourth-order valence-corrected chi connectivity index (χ4v) is 3.16. The van der Waals surface area contributed by atoms with E-state index in [1.54, 1.807) is 6.92 Å². The Morgan fingerprint density at radius 3 is 2.89 bits per heavy atom. The van der Waals surface area contributed by atoms with Gasteiger partial charge in [0.1, 0.15) is 0 Å². The van der Waals surface area contributed by atoms with Gasteiger partial charge in [0.25, 0.3) is 10.2 Å². The van der Waals surface area contributed by atoms with Crippen molar-refractivity contribution in [3.63, 3.8) is 0 Å². The molecule has 7 nitrogen and oxygen atoms in total. The van der Waals surface area contributed by atoms with Crippen molar-refractivity contribution in [3.05, 3.63) is 0 Å². The number of esters is 1. The minimum absolute atomic E-state index is 0.0249. The third kappa shape index (κ3) is 4.20. The molecule has 8 heteroatoms. The Balaban J connectivity index is 2.60. The fraction of sp³-hybridized carbons (Fsp3) is 0.900. The molecule has 1 heterocycles. The molecule has 106 valence electrons. The predicted molar refractivity (Wildman–Crippen MR) is 64.9 cm³/mol. The van der Waals surface area contributed by atoms with Gasteiger partial charge in [0.15, 0.2) is 0 Å². The number of carbonyl (C=O) groups excluding carboxylic acids is 1. The lowest BCUT2D eigenvalue weighted by molar-refractivity contribution is -0.149. The minimum atomic E-state index is -3.61. The molecule has 0 aliphatic carbocycles. The van der Waals surface area contributed by atoms with Crippen molar-refractivity contribution in [2.75, 3.05) is 32.8 Å². The monoisotopic (exact) mass is 280 g/mol. The van der Waals surface area contributed by atoms with Crippen molar-refractivity contribution in [1.29, 1.82) is 0 Å². The highest BCUT2D eigenvalue weighted by Crippen LogP contribution is 2.19. The standard InChI is InChI=1S/C10H20N2O5S/c1-2-17-10(14)9-4-3-6-12(8-9)18(15,16)11-5-7-13/h9,11,13H,2-8H2,1H3. The SMILES string of the molecule is CCOC(=O)C1CCCN(S(=O)(=O)NCCO)C1. The number of nitrogens with zero attached hydrogens (tertiary/aromatic N) is 1. The van der Waals surface area contributed by atoms with E-state index in [0.717, 1.165) is 0 Å². The Bertz CT molecular complexity index is 370. The van der Waals surface area contributed by atoms with Gasteiger partial charge >= 0.3 is 5.97 Å². The van der Waals surface area contributed by atoms with Crippen molar-refractivity contribution < 1.29 is 23.1 Å². The summed E-state index contributed by atoms with van der Waals surface area (Å²) >= 11 is 0. The molecular weight excluding hydrogens is 260 g/mol. The molecule has 0 aromatic carbocycles. The first-order valence-corrected chi connectivity index (χ1v) is 7.47. The number of hydrogen-bond donors (Lipinski definition) is 2. The lowest BCUT2D eigenvalue weighted by atomic mass is 10.0. The lowest BCUT2D eigenvalue weighted by Gasteiger charge is -2.30. The predicted octanol–water partition coefficient (Wildman–Crippen LogP) is -0.912. The summed E-state index contributed by atoms with van der Waals surface area (Å²) in [6.07, 6.45) is 1.27. The molecule has 0 saturated carbocycles. The van der Waals surface area contributed by atoms with Gasteiger partial charge in [-0.2, -0.15) is 17.4 Å². The fourth-order valence-electron chi connectivity index (χ4n) is 1.88. The molecule has 0 aromatic rings. The Morgan fingerprint density at radius 1 is 1.56 bits per heavy atom. The number of carbonyl (C=O) groups is 1. The third-order valence-electron chi connectivity index (χ3n) is 2.74. The summed E-state index contributed by atoms with van der Waals surface area (Å²) < 4.78 is 32.0. The molecule has 1 saturated heterocycles. The molecule has 1 aliphatic heterocycles. The number of aliphatic hydroxyl groups is 1. The van der Waals surface area contributed by atoms with Gasteiger partial charge in [-0.15, -0.1) is 0 Å². The van der Waals surface area contributed by atoms with Gasteiger partial charge in [0, 0.05) is 19.6 Å². The van der Waals surface area contributed by atoms with E-state index in [-0.39, 0.29) is 25.7 Å². The average molecular weight is 280 g/mol. The molecule has 1 rings (SSSR count). The van der Waals surface area contributed by atoms with Crippen LogP contribution in [0, 0.1) is 5.92 Å². The molecule has 1 atom stereocenters. The van der Waals surface area contributed by atoms with E-state index in [9.17, 15) is 13.2 Å². The molecule has 0 aromatic heterocycles. The highest BCUT2D eigenvalue weighted by molar-refractivity contribution is 7.87. The molecule has 0 radical (unpaired) electrons. The van der Waals surface area contributed by atoms with Crippen LogP contribution in [0.5, 0.6) is 0 Å². The molecule has 1 aliphatic rings. The highest BCUT2D eigenvalue weighted by Gasteiger charge is 2.32. The second-order valence-corrected chi connectivity index (χ2v) is 5.83. The molecule has 1 unspecified atom stereocenters. The van der Waals surface area contributed by atoms with E-state index in [1.165, 1.54) is 4.31 Å². The summed E-state index contributed by atoms with van der Waals surface area (Å²) in [5.41, 5.74) is 0. The van der Waals surface area contributed by atoms with Crippen LogP contribution in [0.2, 0.25) is 0 Å². The van der Waals surface area contributed by atoms with E-state index in [4.69, 9.17) is 9.84 Å². The molecule has 0 bridgehead atoms. The van der Waals surface area contributed by atoms with E-state index in [1.807, 2.05) is 0 Å². The maximum absolute atomic E-state index is 11.8. The number of piperidine rings is 1. The van der Waals surface area contributed by atoms with Crippen LogP contribution in [0.25, 0.3) is 0 Å². The maximum Gasteiger partial charge on any atom is 0.310 e. The van der Waals surface area contributed by atoms with Gasteiger partial charge in [-0.25, -0.2) is 0 Å². The normalized spacial score (nSPS) is 21.8. The third-order valence-corrected chi connectivity index (χ3v) is 4.32. The van der Waals surface area contributed by atoms with Crippen molar-refractivity contribution in [2.24, 2.45) is 5.92 Å². The number of hydrogen-bond acceptors (Lipinski definition) is 5. The first-order valence-electron chi connectivity index (χ1n) is 6.03. The van der Waals surface area contributed by atoms with Gasteiger partial charge < -0.3 is 9.84 Å². The topological polar surface area (TPSA) is 95.9 Å². The van der Waals surface area contributed by atoms with Crippen LogP contribution >= 0.6 is 0 Å². The molecule has 18 heavy (non-hydrogen) atoms. The molecular formula is C10H20N2O5S. The lowest BCUT2D eigenvalue weighted by Crippen LogP contribution is -2.48. The van der Waals surface area contributed by atoms with Crippen molar-refractivity contribution in [2.45, 2.75) is 19.8 Å². The molecule has 0 amide bonds. The van der Waals surface area contributed by atoms with Crippen LogP contribution in [0.4, 0.5) is 0 Å². The Hall–Kier alpha value is -0.700. The number of nitrogens with one attached hydrogen (secondary N) is 1. The molecule has 1 fully saturated rings. The summed E-state index contributed by atoms with van der Waals surface area (Å²) in [6.45, 7) is 2.26. The Kier molecular flexibility index (Phi) is 6.00. The van der Waals surface area contributed by atoms with Crippen molar-refractivity contribution >= 4 is 16.2 Å².